The van der Waals surface area contributed by atoms with Gasteiger partial charge in [-0.3, -0.25) is 0 Å². The van der Waals surface area contributed by atoms with Crippen LogP contribution in [0.3, 0.4) is 0 Å². The van der Waals surface area contributed by atoms with Crippen molar-refractivity contribution >= 4 is 21.8 Å². The van der Waals surface area contributed by atoms with E-state index in [1.165, 1.54) is 65.0 Å². The summed E-state index contributed by atoms with van der Waals surface area (Å²) >= 11 is 0. The maximum absolute atomic E-state index is 2.39. The SMILES string of the molecule is Cn1cc(C(c2cn(C)c3ccccc23)C2CCCCC2)c2ccccc21. The number of hydrogen-bond donors (Lipinski definition) is 0. The van der Waals surface area contributed by atoms with Crippen LogP contribution in [0.15, 0.2) is 60.9 Å². The van der Waals surface area contributed by atoms with Crippen molar-refractivity contribution in [1.82, 2.24) is 9.13 Å². The molecule has 1 aliphatic rings. The van der Waals surface area contributed by atoms with Gasteiger partial charge in [0.15, 0.2) is 0 Å². The smallest absolute Gasteiger partial charge is 0.0480 e. The first-order chi connectivity index (χ1) is 13.2. The highest BCUT2D eigenvalue weighted by molar-refractivity contribution is 5.89. The number of rotatable bonds is 3. The van der Waals surface area contributed by atoms with Crippen LogP contribution in [0.1, 0.15) is 49.1 Å². The lowest BCUT2D eigenvalue weighted by Gasteiger charge is -2.30. The van der Waals surface area contributed by atoms with Gasteiger partial charge in [0.1, 0.15) is 0 Å². The number of aryl methyl sites for hydroxylation is 2. The molecule has 1 saturated carbocycles. The standard InChI is InChI=1S/C25H28N2/c1-26-16-21(19-12-6-8-14-23(19)26)25(18-10-4-3-5-11-18)22-17-27(2)24-15-9-7-13-20(22)24/h6-9,12-18,25H,3-5,10-11H2,1-2H3. The maximum Gasteiger partial charge on any atom is 0.0480 e. The highest BCUT2D eigenvalue weighted by Crippen LogP contribution is 2.45. The second-order valence-corrected chi connectivity index (χ2v) is 8.30. The molecule has 0 aliphatic heterocycles. The fourth-order valence-corrected chi connectivity index (χ4v) is 5.38. The Labute approximate surface area is 161 Å². The van der Waals surface area contributed by atoms with Gasteiger partial charge in [-0.15, -0.1) is 0 Å². The van der Waals surface area contributed by atoms with E-state index in [-0.39, 0.29) is 0 Å². The molecule has 1 fully saturated rings. The van der Waals surface area contributed by atoms with Gasteiger partial charge in [0, 0.05) is 54.2 Å². The fraction of sp³-hybridized carbons (Fsp3) is 0.360. The van der Waals surface area contributed by atoms with Crippen LogP contribution in [0, 0.1) is 5.92 Å². The van der Waals surface area contributed by atoms with Crippen molar-refractivity contribution in [3.8, 4) is 0 Å². The molecule has 0 unspecified atom stereocenters. The van der Waals surface area contributed by atoms with Gasteiger partial charge in [-0.2, -0.15) is 0 Å². The first-order valence-electron chi connectivity index (χ1n) is 10.3. The van der Waals surface area contributed by atoms with Crippen molar-refractivity contribution in [3.63, 3.8) is 0 Å². The van der Waals surface area contributed by atoms with Crippen molar-refractivity contribution in [3.05, 3.63) is 72.1 Å². The molecule has 2 aromatic heterocycles. The minimum atomic E-state index is 0.475. The first-order valence-corrected chi connectivity index (χ1v) is 10.3. The normalized spacial score (nSPS) is 16.0. The Morgan fingerprint density at radius 3 is 1.70 bits per heavy atom. The second-order valence-electron chi connectivity index (χ2n) is 8.30. The average molecular weight is 357 g/mol. The number of fused-ring (bicyclic) bond motifs is 2. The molecule has 2 heterocycles. The third-order valence-electron chi connectivity index (χ3n) is 6.65. The van der Waals surface area contributed by atoms with Crippen LogP contribution < -0.4 is 0 Å². The number of benzene rings is 2. The van der Waals surface area contributed by atoms with Gasteiger partial charge in [-0.05, 0) is 42.0 Å². The molecule has 4 aromatic rings. The molecule has 0 radical (unpaired) electrons. The molecule has 0 saturated heterocycles. The third kappa shape index (κ3) is 2.70. The average Bonchev–Trinajstić information content (AvgIpc) is 3.22. The van der Waals surface area contributed by atoms with Crippen LogP contribution in [0.5, 0.6) is 0 Å². The van der Waals surface area contributed by atoms with Crippen LogP contribution in [0.4, 0.5) is 0 Å². The van der Waals surface area contributed by atoms with E-state index in [1.54, 1.807) is 0 Å². The zero-order valence-electron chi connectivity index (χ0n) is 16.4. The molecular formula is C25H28N2. The Hall–Kier alpha value is -2.48. The topological polar surface area (TPSA) is 9.86 Å². The van der Waals surface area contributed by atoms with Crippen molar-refractivity contribution in [2.24, 2.45) is 20.0 Å². The highest BCUT2D eigenvalue weighted by Gasteiger charge is 2.31. The van der Waals surface area contributed by atoms with Crippen molar-refractivity contribution < 1.29 is 0 Å². The molecule has 2 aromatic carbocycles. The summed E-state index contributed by atoms with van der Waals surface area (Å²) in [6, 6.07) is 17.8. The molecule has 0 amide bonds. The summed E-state index contributed by atoms with van der Waals surface area (Å²) in [6.45, 7) is 0. The largest absolute Gasteiger partial charge is 0.350 e. The molecule has 0 bridgehead atoms. The summed E-state index contributed by atoms with van der Waals surface area (Å²) in [6.07, 6.45) is 11.6. The highest BCUT2D eigenvalue weighted by atomic mass is 14.9. The Morgan fingerprint density at radius 1 is 0.704 bits per heavy atom. The molecule has 2 heteroatoms. The van der Waals surface area contributed by atoms with Gasteiger partial charge in [0.2, 0.25) is 0 Å². The summed E-state index contributed by atoms with van der Waals surface area (Å²) in [5.41, 5.74) is 5.70. The molecule has 5 rings (SSSR count). The van der Waals surface area contributed by atoms with E-state index in [2.05, 4.69) is 84.2 Å². The lowest BCUT2D eigenvalue weighted by Crippen LogP contribution is -2.17. The van der Waals surface area contributed by atoms with E-state index >= 15 is 0 Å². The van der Waals surface area contributed by atoms with Crippen LogP contribution in [-0.4, -0.2) is 9.13 Å². The number of aromatic nitrogens is 2. The van der Waals surface area contributed by atoms with E-state index in [1.807, 2.05) is 0 Å². The zero-order chi connectivity index (χ0) is 18.4. The van der Waals surface area contributed by atoms with E-state index < -0.39 is 0 Å². The van der Waals surface area contributed by atoms with Gasteiger partial charge in [0.05, 0.1) is 0 Å². The Balaban J connectivity index is 1.76. The number of nitrogens with zero attached hydrogens (tertiary/aromatic N) is 2. The van der Waals surface area contributed by atoms with Gasteiger partial charge in [-0.1, -0.05) is 55.7 Å². The maximum atomic E-state index is 2.39. The molecule has 0 N–H and O–H groups in total. The molecular weight excluding hydrogens is 328 g/mol. The van der Waals surface area contributed by atoms with E-state index in [4.69, 9.17) is 0 Å². The van der Waals surface area contributed by atoms with Gasteiger partial charge in [-0.25, -0.2) is 0 Å². The molecule has 2 nitrogen and oxygen atoms in total. The minimum absolute atomic E-state index is 0.475. The van der Waals surface area contributed by atoms with Crippen LogP contribution in [-0.2, 0) is 14.1 Å². The first kappa shape index (κ1) is 16.7. The number of hydrogen-bond acceptors (Lipinski definition) is 0. The Morgan fingerprint density at radius 2 is 1.19 bits per heavy atom. The van der Waals surface area contributed by atoms with E-state index in [0.29, 0.717) is 5.92 Å². The quantitative estimate of drug-likeness (QED) is 0.403. The Bertz CT molecular complexity index is 1010. The fourth-order valence-electron chi connectivity index (χ4n) is 5.38. The van der Waals surface area contributed by atoms with Gasteiger partial charge in [0.25, 0.3) is 0 Å². The van der Waals surface area contributed by atoms with Gasteiger partial charge < -0.3 is 9.13 Å². The third-order valence-corrected chi connectivity index (χ3v) is 6.65. The summed E-state index contributed by atoms with van der Waals surface area (Å²) in [4.78, 5) is 0. The monoisotopic (exact) mass is 356 g/mol. The predicted molar refractivity (Wildman–Crippen MR) is 114 cm³/mol. The summed E-state index contributed by atoms with van der Waals surface area (Å²) in [7, 11) is 4.37. The van der Waals surface area contributed by atoms with Crippen molar-refractivity contribution in [1.29, 1.82) is 0 Å². The second kappa shape index (κ2) is 6.60. The molecule has 0 atom stereocenters. The van der Waals surface area contributed by atoms with E-state index in [9.17, 15) is 0 Å². The van der Waals surface area contributed by atoms with Crippen LogP contribution in [0.25, 0.3) is 21.8 Å². The molecule has 0 spiro atoms. The lowest BCUT2D eigenvalue weighted by molar-refractivity contribution is 0.329. The Kier molecular flexibility index (Phi) is 4.07. The summed E-state index contributed by atoms with van der Waals surface area (Å²) in [5, 5.41) is 2.84. The summed E-state index contributed by atoms with van der Waals surface area (Å²) in [5.74, 6) is 1.21. The van der Waals surface area contributed by atoms with Crippen LogP contribution >= 0.6 is 0 Å². The zero-order valence-corrected chi connectivity index (χ0v) is 16.4. The van der Waals surface area contributed by atoms with Crippen molar-refractivity contribution in [2.75, 3.05) is 0 Å². The van der Waals surface area contributed by atoms with E-state index in [0.717, 1.165) is 5.92 Å². The molecule has 27 heavy (non-hydrogen) atoms. The predicted octanol–water partition coefficient (Wildman–Crippen LogP) is 6.38. The summed E-state index contributed by atoms with van der Waals surface area (Å²) < 4.78 is 4.62. The molecule has 1 aliphatic carbocycles. The van der Waals surface area contributed by atoms with Crippen LogP contribution in [0.2, 0.25) is 0 Å². The number of para-hydroxylation sites is 2. The lowest BCUT2D eigenvalue weighted by atomic mass is 9.73. The van der Waals surface area contributed by atoms with Crippen molar-refractivity contribution in [2.45, 2.75) is 38.0 Å². The molecule has 138 valence electrons. The van der Waals surface area contributed by atoms with Gasteiger partial charge >= 0.3 is 0 Å². The minimum Gasteiger partial charge on any atom is -0.350 e.